The van der Waals surface area contributed by atoms with E-state index in [4.69, 9.17) is 4.74 Å². The van der Waals surface area contributed by atoms with Crippen LogP contribution >= 0.6 is 0 Å². The molecule has 0 bridgehead atoms. The summed E-state index contributed by atoms with van der Waals surface area (Å²) in [7, 11) is 0. The van der Waals surface area contributed by atoms with Crippen molar-refractivity contribution in [2.45, 2.75) is 32.7 Å². The minimum Gasteiger partial charge on any atom is -0.488 e. The molecule has 2 rings (SSSR count). The number of nitrogens with zero attached hydrogens (tertiary/aromatic N) is 2. The third kappa shape index (κ3) is 4.59. The first-order valence-electron chi connectivity index (χ1n) is 8.03. The summed E-state index contributed by atoms with van der Waals surface area (Å²) in [4.78, 5) is 26.3. The Labute approximate surface area is 131 Å². The highest BCUT2D eigenvalue weighted by Crippen LogP contribution is 2.05. The Bertz CT molecular complexity index is 536. The number of piperazine rings is 1. The topological polar surface area (TPSA) is 63.6 Å². The van der Waals surface area contributed by atoms with Crippen LogP contribution in [0.1, 0.15) is 26.2 Å². The van der Waals surface area contributed by atoms with Crippen molar-refractivity contribution in [1.29, 1.82) is 0 Å². The van der Waals surface area contributed by atoms with Crippen LogP contribution in [0.4, 0.5) is 0 Å². The Kier molecular flexibility index (Phi) is 6.45. The lowest BCUT2D eigenvalue weighted by atomic mass is 10.3. The molecule has 0 saturated carbocycles. The summed E-state index contributed by atoms with van der Waals surface area (Å²) in [6.07, 6.45) is 4.77. The average molecular weight is 307 g/mol. The van der Waals surface area contributed by atoms with Gasteiger partial charge in [0, 0.05) is 32.4 Å². The van der Waals surface area contributed by atoms with Gasteiger partial charge in [-0.25, -0.2) is 0 Å². The number of hydrogen-bond acceptors (Lipinski definition) is 4. The van der Waals surface area contributed by atoms with E-state index >= 15 is 0 Å². The zero-order valence-corrected chi connectivity index (χ0v) is 13.2. The van der Waals surface area contributed by atoms with Crippen LogP contribution in [0.25, 0.3) is 0 Å². The van der Waals surface area contributed by atoms with E-state index in [0.717, 1.165) is 32.4 Å². The van der Waals surface area contributed by atoms with Crippen molar-refractivity contribution in [3.05, 3.63) is 28.7 Å². The second-order valence-corrected chi connectivity index (χ2v) is 5.49. The van der Waals surface area contributed by atoms with Crippen molar-refractivity contribution in [3.8, 4) is 5.75 Å². The average Bonchev–Trinajstić information content (AvgIpc) is 2.55. The quantitative estimate of drug-likeness (QED) is 0.759. The fourth-order valence-corrected chi connectivity index (χ4v) is 2.44. The number of amides is 1. The lowest BCUT2D eigenvalue weighted by Gasteiger charge is -2.27. The van der Waals surface area contributed by atoms with Gasteiger partial charge >= 0.3 is 0 Å². The second kappa shape index (κ2) is 8.58. The number of carbonyl (C=O) groups excluding carboxylic acids is 1. The van der Waals surface area contributed by atoms with E-state index < -0.39 is 0 Å². The molecule has 1 fully saturated rings. The highest BCUT2D eigenvalue weighted by molar-refractivity contribution is 5.76. The summed E-state index contributed by atoms with van der Waals surface area (Å²) in [6, 6.07) is 3.42. The molecule has 6 nitrogen and oxygen atoms in total. The monoisotopic (exact) mass is 307 g/mol. The van der Waals surface area contributed by atoms with Crippen LogP contribution in [0.15, 0.2) is 23.1 Å². The van der Waals surface area contributed by atoms with Gasteiger partial charge in [0.15, 0.2) is 5.75 Å². The van der Waals surface area contributed by atoms with Gasteiger partial charge in [-0.3, -0.25) is 9.59 Å². The van der Waals surface area contributed by atoms with E-state index in [9.17, 15) is 9.59 Å². The minimum absolute atomic E-state index is 0.0215. The maximum atomic E-state index is 12.3. The summed E-state index contributed by atoms with van der Waals surface area (Å²) in [6.45, 7) is 5.74. The first kappa shape index (κ1) is 16.5. The third-order valence-corrected chi connectivity index (χ3v) is 3.77. The maximum Gasteiger partial charge on any atom is 0.293 e. The van der Waals surface area contributed by atoms with E-state index in [1.54, 1.807) is 23.2 Å². The van der Waals surface area contributed by atoms with Gasteiger partial charge in [-0.05, 0) is 18.6 Å². The Hall–Kier alpha value is -1.82. The Morgan fingerprint density at radius 3 is 2.82 bits per heavy atom. The van der Waals surface area contributed by atoms with Crippen molar-refractivity contribution < 1.29 is 9.53 Å². The van der Waals surface area contributed by atoms with Crippen LogP contribution in [0.2, 0.25) is 0 Å². The lowest BCUT2D eigenvalue weighted by Crippen LogP contribution is -2.48. The fraction of sp³-hybridized carbons (Fsp3) is 0.625. The molecule has 0 radical (unpaired) electrons. The number of rotatable bonds is 7. The SMILES string of the molecule is CCCCCOc1cccn(CC(=O)N2CCNCC2)c1=O. The molecule has 22 heavy (non-hydrogen) atoms. The number of hydrogen-bond donors (Lipinski definition) is 1. The zero-order chi connectivity index (χ0) is 15.8. The molecule has 0 atom stereocenters. The van der Waals surface area contributed by atoms with E-state index in [0.29, 0.717) is 25.4 Å². The predicted molar refractivity (Wildman–Crippen MR) is 85.2 cm³/mol. The Balaban J connectivity index is 1.95. The molecule has 1 aliphatic rings. The number of unbranched alkanes of at least 4 members (excludes halogenated alkanes) is 2. The molecule has 2 heterocycles. The number of aromatic nitrogens is 1. The van der Waals surface area contributed by atoms with Crippen LogP contribution < -0.4 is 15.6 Å². The van der Waals surface area contributed by atoms with Gasteiger partial charge in [0.25, 0.3) is 5.56 Å². The van der Waals surface area contributed by atoms with E-state index in [2.05, 4.69) is 12.2 Å². The molecular weight excluding hydrogens is 282 g/mol. The molecule has 1 aromatic heterocycles. The van der Waals surface area contributed by atoms with Crippen LogP contribution in [0.5, 0.6) is 5.75 Å². The van der Waals surface area contributed by atoms with Crippen molar-refractivity contribution in [2.24, 2.45) is 0 Å². The Morgan fingerprint density at radius 1 is 1.32 bits per heavy atom. The van der Waals surface area contributed by atoms with Gasteiger partial charge in [0.05, 0.1) is 6.61 Å². The van der Waals surface area contributed by atoms with Crippen LogP contribution in [0.3, 0.4) is 0 Å². The van der Waals surface area contributed by atoms with Gasteiger partial charge < -0.3 is 19.5 Å². The minimum atomic E-state index is -0.234. The van der Waals surface area contributed by atoms with Gasteiger partial charge in [-0.2, -0.15) is 0 Å². The van der Waals surface area contributed by atoms with E-state index in [1.165, 1.54) is 4.57 Å². The molecule has 1 aromatic rings. The fourth-order valence-electron chi connectivity index (χ4n) is 2.44. The molecule has 1 aliphatic heterocycles. The van der Waals surface area contributed by atoms with E-state index in [1.807, 2.05) is 0 Å². The summed E-state index contributed by atoms with van der Waals surface area (Å²) in [5, 5.41) is 3.20. The molecule has 0 unspecified atom stereocenters. The van der Waals surface area contributed by atoms with Gasteiger partial charge in [-0.1, -0.05) is 19.8 Å². The van der Waals surface area contributed by atoms with Gasteiger partial charge in [0.2, 0.25) is 5.91 Å². The van der Waals surface area contributed by atoms with Crippen molar-refractivity contribution >= 4 is 5.91 Å². The molecule has 0 spiro atoms. The standard InChI is InChI=1S/C16H25N3O3/c1-2-3-4-12-22-14-6-5-9-19(16(14)21)13-15(20)18-10-7-17-8-11-18/h5-6,9,17H,2-4,7-8,10-13H2,1H3. The molecule has 1 amide bonds. The summed E-state index contributed by atoms with van der Waals surface area (Å²) in [5.74, 6) is 0.304. The number of carbonyl (C=O) groups is 1. The highest BCUT2D eigenvalue weighted by Gasteiger charge is 2.17. The molecular formula is C16H25N3O3. The third-order valence-electron chi connectivity index (χ3n) is 3.77. The predicted octanol–water partition coefficient (Wildman–Crippen LogP) is 0.849. The van der Waals surface area contributed by atoms with E-state index in [-0.39, 0.29) is 18.0 Å². The first-order valence-corrected chi connectivity index (χ1v) is 8.03. The maximum absolute atomic E-state index is 12.3. The number of ether oxygens (including phenoxy) is 1. The number of nitrogens with one attached hydrogen (secondary N) is 1. The largest absolute Gasteiger partial charge is 0.488 e. The van der Waals surface area contributed by atoms with Gasteiger partial charge in [-0.15, -0.1) is 0 Å². The zero-order valence-electron chi connectivity index (χ0n) is 13.2. The normalized spacial score (nSPS) is 14.9. The summed E-state index contributed by atoms with van der Waals surface area (Å²) < 4.78 is 6.97. The molecule has 1 N–H and O–H groups in total. The molecule has 122 valence electrons. The Morgan fingerprint density at radius 2 is 2.09 bits per heavy atom. The van der Waals surface area contributed by atoms with Gasteiger partial charge in [0.1, 0.15) is 6.54 Å². The summed E-state index contributed by atoms with van der Waals surface area (Å²) in [5.41, 5.74) is -0.234. The smallest absolute Gasteiger partial charge is 0.293 e. The van der Waals surface area contributed by atoms with Crippen molar-refractivity contribution in [1.82, 2.24) is 14.8 Å². The van der Waals surface area contributed by atoms with Crippen LogP contribution in [-0.2, 0) is 11.3 Å². The number of pyridine rings is 1. The van der Waals surface area contributed by atoms with Crippen LogP contribution in [-0.4, -0.2) is 48.2 Å². The molecule has 6 heteroatoms. The molecule has 1 saturated heterocycles. The van der Waals surface area contributed by atoms with Crippen LogP contribution in [0, 0.1) is 0 Å². The van der Waals surface area contributed by atoms with Crippen molar-refractivity contribution in [3.63, 3.8) is 0 Å². The molecule has 0 aliphatic carbocycles. The highest BCUT2D eigenvalue weighted by atomic mass is 16.5. The second-order valence-electron chi connectivity index (χ2n) is 5.49. The van der Waals surface area contributed by atoms with Crippen molar-refractivity contribution in [2.75, 3.05) is 32.8 Å². The summed E-state index contributed by atoms with van der Waals surface area (Å²) >= 11 is 0. The lowest BCUT2D eigenvalue weighted by molar-refractivity contribution is -0.132. The molecule has 0 aromatic carbocycles. The first-order chi connectivity index (χ1) is 10.7.